The van der Waals surface area contributed by atoms with Crippen LogP contribution in [-0.2, 0) is 14.3 Å². The van der Waals surface area contributed by atoms with Crippen molar-refractivity contribution in [2.24, 2.45) is 17.8 Å². The maximum absolute atomic E-state index is 12.5. The highest BCUT2D eigenvalue weighted by molar-refractivity contribution is 5.97. The summed E-state index contributed by atoms with van der Waals surface area (Å²) in [6, 6.07) is 5.86. The second-order valence-electron chi connectivity index (χ2n) is 8.47. The number of carbonyl (C=O) groups is 3. The molecule has 1 aromatic rings. The average molecular weight is 419 g/mol. The smallest absolute Gasteiger partial charge is 0.329 e. The van der Waals surface area contributed by atoms with E-state index in [1.54, 1.807) is 31.4 Å². The van der Waals surface area contributed by atoms with Crippen LogP contribution in [-0.4, -0.2) is 43.6 Å². The molecule has 1 aromatic carbocycles. The summed E-state index contributed by atoms with van der Waals surface area (Å²) in [5, 5.41) is 5.69. The van der Waals surface area contributed by atoms with Crippen molar-refractivity contribution < 1.29 is 23.9 Å². The van der Waals surface area contributed by atoms with Crippen molar-refractivity contribution in [1.29, 1.82) is 0 Å². The molecule has 0 spiro atoms. The highest BCUT2D eigenvalue weighted by atomic mass is 16.5. The zero-order valence-electron chi connectivity index (χ0n) is 18.6. The molecule has 0 bridgehead atoms. The van der Waals surface area contributed by atoms with Gasteiger partial charge in [-0.3, -0.25) is 9.59 Å². The Bertz CT molecular complexity index is 732. The molecule has 1 saturated carbocycles. The van der Waals surface area contributed by atoms with Crippen LogP contribution in [0.25, 0.3) is 0 Å². The van der Waals surface area contributed by atoms with Gasteiger partial charge in [0, 0.05) is 11.6 Å². The van der Waals surface area contributed by atoms with Gasteiger partial charge in [0.15, 0.2) is 6.61 Å². The summed E-state index contributed by atoms with van der Waals surface area (Å²) in [5.41, 5.74) is 0.410. The number of esters is 1. The summed E-state index contributed by atoms with van der Waals surface area (Å²) in [6.07, 6.45) is 3.20. The molecule has 1 aliphatic carbocycles. The largest absolute Gasteiger partial charge is 0.497 e. The molecule has 2 amide bonds. The van der Waals surface area contributed by atoms with Crippen molar-refractivity contribution in [3.8, 4) is 5.75 Å². The molecule has 0 aliphatic heterocycles. The van der Waals surface area contributed by atoms with Gasteiger partial charge >= 0.3 is 5.97 Å². The molecule has 1 aliphatic rings. The van der Waals surface area contributed by atoms with Crippen molar-refractivity contribution in [3.05, 3.63) is 29.8 Å². The predicted molar refractivity (Wildman–Crippen MR) is 114 cm³/mol. The summed E-state index contributed by atoms with van der Waals surface area (Å²) >= 11 is 0. The third-order valence-corrected chi connectivity index (χ3v) is 5.96. The number of hydrogen-bond acceptors (Lipinski definition) is 5. The Morgan fingerprint density at radius 2 is 1.77 bits per heavy atom. The first-order valence-corrected chi connectivity index (χ1v) is 10.6. The molecule has 0 unspecified atom stereocenters. The highest BCUT2D eigenvalue weighted by Crippen LogP contribution is 2.29. The molecule has 4 atom stereocenters. The van der Waals surface area contributed by atoms with Crippen molar-refractivity contribution in [2.45, 2.75) is 59.0 Å². The van der Waals surface area contributed by atoms with E-state index in [1.165, 1.54) is 6.42 Å². The van der Waals surface area contributed by atoms with Gasteiger partial charge in [-0.15, -0.1) is 0 Å². The molecule has 7 nitrogen and oxygen atoms in total. The third-order valence-electron chi connectivity index (χ3n) is 5.96. The summed E-state index contributed by atoms with van der Waals surface area (Å²) in [5.74, 6) is 0.0878. The molecule has 2 N–H and O–H groups in total. The van der Waals surface area contributed by atoms with Crippen LogP contribution >= 0.6 is 0 Å². The molecular weight excluding hydrogens is 384 g/mol. The number of methoxy groups -OCH3 is 1. The van der Waals surface area contributed by atoms with Crippen LogP contribution in [0.3, 0.4) is 0 Å². The van der Waals surface area contributed by atoms with E-state index in [0.717, 1.165) is 12.8 Å². The topological polar surface area (TPSA) is 93.7 Å². The fraction of sp³-hybridized carbons (Fsp3) is 0.609. The zero-order chi connectivity index (χ0) is 22.3. The van der Waals surface area contributed by atoms with Crippen LogP contribution in [0, 0.1) is 17.8 Å². The van der Waals surface area contributed by atoms with Crippen LogP contribution in [0.5, 0.6) is 5.75 Å². The second kappa shape index (κ2) is 11.0. The fourth-order valence-corrected chi connectivity index (χ4v) is 3.73. The number of benzene rings is 1. The van der Waals surface area contributed by atoms with Gasteiger partial charge in [0.25, 0.3) is 11.8 Å². The lowest BCUT2D eigenvalue weighted by Gasteiger charge is -2.34. The normalized spacial score (nSPS) is 22.1. The van der Waals surface area contributed by atoms with Gasteiger partial charge in [-0.2, -0.15) is 0 Å². The maximum atomic E-state index is 12.5. The molecule has 0 aromatic heterocycles. The first kappa shape index (κ1) is 23.7. The van der Waals surface area contributed by atoms with Crippen molar-refractivity contribution in [2.75, 3.05) is 13.7 Å². The monoisotopic (exact) mass is 418 g/mol. The van der Waals surface area contributed by atoms with Crippen molar-refractivity contribution in [3.63, 3.8) is 0 Å². The van der Waals surface area contributed by atoms with Gasteiger partial charge in [-0.1, -0.05) is 40.5 Å². The average Bonchev–Trinajstić information content (AvgIpc) is 2.73. The summed E-state index contributed by atoms with van der Waals surface area (Å²) < 4.78 is 10.3. The Balaban J connectivity index is 1.88. The second-order valence-corrected chi connectivity index (χ2v) is 8.47. The van der Waals surface area contributed by atoms with E-state index in [4.69, 9.17) is 9.47 Å². The number of nitrogens with one attached hydrogen (secondary N) is 2. The molecule has 0 radical (unpaired) electrons. The van der Waals surface area contributed by atoms with Crippen LogP contribution in [0.1, 0.15) is 57.3 Å². The number of hydrogen-bond donors (Lipinski definition) is 2. The highest BCUT2D eigenvalue weighted by Gasteiger charge is 2.30. The Labute approximate surface area is 178 Å². The summed E-state index contributed by atoms with van der Waals surface area (Å²) in [4.78, 5) is 37.3. The third kappa shape index (κ3) is 6.47. The van der Waals surface area contributed by atoms with Gasteiger partial charge in [0.2, 0.25) is 0 Å². The van der Waals surface area contributed by atoms with Crippen molar-refractivity contribution in [1.82, 2.24) is 10.6 Å². The van der Waals surface area contributed by atoms with E-state index in [9.17, 15) is 14.4 Å². The number of carbonyl (C=O) groups excluding carboxylic acids is 3. The van der Waals surface area contributed by atoms with Gasteiger partial charge in [-0.25, -0.2) is 4.79 Å². The van der Waals surface area contributed by atoms with E-state index in [0.29, 0.717) is 23.1 Å². The van der Waals surface area contributed by atoms with E-state index in [-0.39, 0.29) is 30.4 Å². The first-order chi connectivity index (χ1) is 14.2. The molecule has 2 rings (SSSR count). The molecule has 0 heterocycles. The minimum Gasteiger partial charge on any atom is -0.497 e. The SMILES string of the molecule is COc1ccc(C(=O)N[C@H](C(=O)OCC(=O)N[C@@H]2CCC[C@@H](C)[C@H]2C)C(C)C)cc1. The number of ether oxygens (including phenoxy) is 2. The first-order valence-electron chi connectivity index (χ1n) is 10.6. The lowest BCUT2D eigenvalue weighted by atomic mass is 9.78. The molecule has 30 heavy (non-hydrogen) atoms. The van der Waals surface area contributed by atoms with E-state index in [1.807, 2.05) is 13.8 Å². The van der Waals surface area contributed by atoms with Gasteiger partial charge in [0.1, 0.15) is 11.8 Å². The molecule has 166 valence electrons. The number of amides is 2. The lowest BCUT2D eigenvalue weighted by molar-refractivity contribution is -0.151. The lowest BCUT2D eigenvalue weighted by Crippen LogP contribution is -2.48. The fourth-order valence-electron chi connectivity index (χ4n) is 3.73. The summed E-state index contributed by atoms with van der Waals surface area (Å²) in [6.45, 7) is 7.61. The quantitative estimate of drug-likeness (QED) is 0.633. The Morgan fingerprint density at radius 1 is 1.10 bits per heavy atom. The van der Waals surface area contributed by atoms with Crippen LogP contribution in [0.4, 0.5) is 0 Å². The summed E-state index contributed by atoms with van der Waals surface area (Å²) in [7, 11) is 1.55. The van der Waals surface area contributed by atoms with Gasteiger partial charge < -0.3 is 20.1 Å². The minimum absolute atomic E-state index is 0.107. The van der Waals surface area contributed by atoms with Crippen LogP contribution in [0.15, 0.2) is 24.3 Å². The zero-order valence-corrected chi connectivity index (χ0v) is 18.6. The van der Waals surface area contributed by atoms with Crippen LogP contribution < -0.4 is 15.4 Å². The van der Waals surface area contributed by atoms with Gasteiger partial charge in [0.05, 0.1) is 7.11 Å². The van der Waals surface area contributed by atoms with E-state index < -0.39 is 12.0 Å². The predicted octanol–water partition coefficient (Wildman–Crippen LogP) is 2.93. The van der Waals surface area contributed by atoms with E-state index in [2.05, 4.69) is 24.5 Å². The Morgan fingerprint density at radius 3 is 2.37 bits per heavy atom. The van der Waals surface area contributed by atoms with Crippen molar-refractivity contribution >= 4 is 17.8 Å². The maximum Gasteiger partial charge on any atom is 0.329 e. The number of rotatable bonds is 8. The molecule has 1 fully saturated rings. The Kier molecular flexibility index (Phi) is 8.69. The van der Waals surface area contributed by atoms with Gasteiger partial charge in [-0.05, 0) is 48.4 Å². The minimum atomic E-state index is -0.846. The Hall–Kier alpha value is -2.57. The van der Waals surface area contributed by atoms with Crippen LogP contribution in [0.2, 0.25) is 0 Å². The standard InChI is InChI=1S/C23H34N2O5/c1-14(2)21(25-22(27)17-9-11-18(29-5)12-10-17)23(28)30-13-20(26)24-19-8-6-7-15(3)16(19)4/h9-12,14-16,19,21H,6-8,13H2,1-5H3,(H,24,26)(H,25,27)/t15-,16-,19-,21+/m1/s1. The molecule has 0 saturated heterocycles. The van der Waals surface area contributed by atoms with E-state index >= 15 is 0 Å². The molecular formula is C23H34N2O5. The molecule has 7 heteroatoms.